The van der Waals surface area contributed by atoms with E-state index in [1.54, 1.807) is 19.2 Å². The zero-order valence-electron chi connectivity index (χ0n) is 28.7. The van der Waals surface area contributed by atoms with Crippen molar-refractivity contribution in [3.8, 4) is 28.9 Å². The second-order valence-corrected chi connectivity index (χ2v) is 13.4. The molecule has 3 aliphatic rings. The van der Waals surface area contributed by atoms with E-state index >= 15 is 8.78 Å². The fraction of sp³-hybridized carbons (Fsp3) is 0.405. The van der Waals surface area contributed by atoms with Gasteiger partial charge >= 0.3 is 6.01 Å². The quantitative estimate of drug-likeness (QED) is 0.0964. The highest BCUT2D eigenvalue weighted by molar-refractivity contribution is 6.02. The summed E-state index contributed by atoms with van der Waals surface area (Å²) in [5.74, 6) is -2.44. The monoisotopic (exact) mass is 719 g/mol. The van der Waals surface area contributed by atoms with Crippen molar-refractivity contribution in [3.05, 3.63) is 65.6 Å². The van der Waals surface area contributed by atoms with Crippen molar-refractivity contribution < 1.29 is 36.5 Å². The molecule has 6 heterocycles. The van der Waals surface area contributed by atoms with Gasteiger partial charge in [0.25, 0.3) is 0 Å². The number of benzene rings is 2. The van der Waals surface area contributed by atoms with Gasteiger partial charge in [0, 0.05) is 42.3 Å². The minimum Gasteiger partial charge on any atom is -0.475 e. The number of halogens is 4. The molecule has 2 fully saturated rings. The molecule has 2 saturated heterocycles. The van der Waals surface area contributed by atoms with Crippen LogP contribution in [0.5, 0.6) is 17.6 Å². The lowest BCUT2D eigenvalue weighted by molar-refractivity contribution is 0.0225. The number of rotatable bonds is 10. The van der Waals surface area contributed by atoms with Gasteiger partial charge in [-0.05, 0) is 62.9 Å². The van der Waals surface area contributed by atoms with E-state index in [-0.39, 0.29) is 82.9 Å². The van der Waals surface area contributed by atoms with Crippen LogP contribution in [-0.2, 0) is 4.74 Å². The largest absolute Gasteiger partial charge is 0.475 e. The van der Waals surface area contributed by atoms with Crippen molar-refractivity contribution in [3.63, 3.8) is 0 Å². The molecule has 0 bridgehead atoms. The third kappa shape index (κ3) is 5.85. The van der Waals surface area contributed by atoms with Gasteiger partial charge in [-0.2, -0.15) is 9.97 Å². The molecule has 0 saturated carbocycles. The Morgan fingerprint density at radius 2 is 1.92 bits per heavy atom. The van der Waals surface area contributed by atoms with Gasteiger partial charge in [0.1, 0.15) is 53.4 Å². The van der Waals surface area contributed by atoms with Gasteiger partial charge in [-0.15, -0.1) is 0 Å². The van der Waals surface area contributed by atoms with Crippen molar-refractivity contribution in [1.82, 2.24) is 24.8 Å². The van der Waals surface area contributed by atoms with Crippen molar-refractivity contribution >= 4 is 33.3 Å². The first kappa shape index (κ1) is 34.1. The van der Waals surface area contributed by atoms with Gasteiger partial charge in [-0.25, -0.2) is 27.5 Å². The van der Waals surface area contributed by atoms with Gasteiger partial charge in [0.05, 0.1) is 18.1 Å². The van der Waals surface area contributed by atoms with Gasteiger partial charge in [-0.1, -0.05) is 12.1 Å². The highest BCUT2D eigenvalue weighted by Gasteiger charge is 2.49. The average Bonchev–Trinajstić information content (AvgIpc) is 3.60. The molecule has 0 spiro atoms. The molecule has 5 aromatic rings. The predicted octanol–water partition coefficient (Wildman–Crippen LogP) is 6.53. The molecule has 11 nitrogen and oxygen atoms in total. The Morgan fingerprint density at radius 3 is 2.75 bits per heavy atom. The summed E-state index contributed by atoms with van der Waals surface area (Å²) < 4.78 is 85.7. The summed E-state index contributed by atoms with van der Waals surface area (Å²) in [6.45, 7) is 5.53. The molecule has 1 unspecified atom stereocenters. The summed E-state index contributed by atoms with van der Waals surface area (Å²) >= 11 is 0. The Hall–Kier alpha value is -5.02. The van der Waals surface area contributed by atoms with Crippen molar-refractivity contribution in [1.29, 1.82) is 0 Å². The first-order valence-electron chi connectivity index (χ1n) is 17.3. The molecule has 2 aromatic carbocycles. The van der Waals surface area contributed by atoms with Crippen LogP contribution in [0.1, 0.15) is 44.7 Å². The number of nitrogens with two attached hydrogens (primary N) is 1. The standard InChI is InChI=1S/C37H37F4N7O4/c1-3-49-19-52-23-14-21-7-8-26(39)29(40)27(21)25(15-23)31-30(41)32-28-34(46-36(45-32)51-18-37-9-5-11-47(37)17-22(38)16-37)48(12-13-50-35(28)44-31)20(2)24-6-4-10-43-33(24)42/h4,6-8,10,14-15,20,22H,3,5,9,11-13,16-19H2,1-2H3,(H2,42,43)/t20?,22-,37+/m1/s1. The van der Waals surface area contributed by atoms with Gasteiger partial charge in [0.15, 0.2) is 24.2 Å². The maximum atomic E-state index is 17.3. The topological polar surface area (TPSA) is 121 Å². The third-order valence-corrected chi connectivity index (χ3v) is 10.3. The Kier molecular flexibility index (Phi) is 8.86. The molecule has 2 N–H and O–H groups in total. The fourth-order valence-corrected chi connectivity index (χ4v) is 7.81. The summed E-state index contributed by atoms with van der Waals surface area (Å²) in [6, 6.07) is 8.32. The first-order valence-corrected chi connectivity index (χ1v) is 17.3. The number of anilines is 2. The van der Waals surface area contributed by atoms with Gasteiger partial charge in [0.2, 0.25) is 5.88 Å². The summed E-state index contributed by atoms with van der Waals surface area (Å²) in [7, 11) is 0. The normalized spacial score (nSPS) is 20.6. The average molecular weight is 720 g/mol. The molecule has 272 valence electrons. The fourth-order valence-electron chi connectivity index (χ4n) is 7.81. The molecule has 8 rings (SSSR count). The van der Waals surface area contributed by atoms with Crippen LogP contribution in [0.2, 0.25) is 0 Å². The number of nitrogen functional groups attached to an aromatic ring is 1. The zero-order valence-corrected chi connectivity index (χ0v) is 28.7. The molecular weight excluding hydrogens is 682 g/mol. The van der Waals surface area contributed by atoms with E-state index in [9.17, 15) is 8.78 Å². The number of fused-ring (bicyclic) bond motifs is 2. The van der Waals surface area contributed by atoms with E-state index in [0.29, 0.717) is 31.0 Å². The lowest BCUT2D eigenvalue weighted by Gasteiger charge is -2.32. The number of hydrogen-bond donors (Lipinski definition) is 1. The van der Waals surface area contributed by atoms with Crippen LogP contribution in [0.4, 0.5) is 29.2 Å². The highest BCUT2D eigenvalue weighted by atomic mass is 19.2. The molecule has 0 aliphatic carbocycles. The van der Waals surface area contributed by atoms with E-state index < -0.39 is 35.2 Å². The maximum Gasteiger partial charge on any atom is 0.319 e. The van der Waals surface area contributed by atoms with E-state index in [4.69, 9.17) is 29.7 Å². The first-order chi connectivity index (χ1) is 25.2. The SMILES string of the molecule is CCOCOc1cc(-c2nc3c4c(nc(OC[C@@]56CCCN5C[C@H](F)C6)nc4c2F)N(C(C)c2cccnc2N)CCO3)c2c(F)c(F)ccc2c1. The molecule has 52 heavy (non-hydrogen) atoms. The lowest BCUT2D eigenvalue weighted by Crippen LogP contribution is -2.43. The number of aromatic nitrogens is 4. The smallest absolute Gasteiger partial charge is 0.319 e. The van der Waals surface area contributed by atoms with Crippen LogP contribution in [0.3, 0.4) is 0 Å². The predicted molar refractivity (Wildman–Crippen MR) is 186 cm³/mol. The summed E-state index contributed by atoms with van der Waals surface area (Å²) in [6.07, 6.45) is 2.57. The Balaban J connectivity index is 1.32. The van der Waals surface area contributed by atoms with E-state index in [0.717, 1.165) is 25.5 Å². The van der Waals surface area contributed by atoms with Crippen molar-refractivity contribution in [2.45, 2.75) is 50.9 Å². The van der Waals surface area contributed by atoms with Crippen molar-refractivity contribution in [2.75, 3.05) is 56.9 Å². The number of ether oxygens (including phenoxy) is 4. The second kappa shape index (κ2) is 13.5. The van der Waals surface area contributed by atoms with Gasteiger partial charge in [-0.3, -0.25) is 4.90 Å². The number of nitrogens with zero attached hydrogens (tertiary/aromatic N) is 6. The molecule has 3 aromatic heterocycles. The molecule has 0 amide bonds. The van der Waals surface area contributed by atoms with Gasteiger partial charge < -0.3 is 29.6 Å². The third-order valence-electron chi connectivity index (χ3n) is 10.3. The molecule has 15 heteroatoms. The minimum absolute atomic E-state index is 0.0102. The Bertz CT molecular complexity index is 2180. The zero-order chi connectivity index (χ0) is 36.1. The Labute approximate surface area is 296 Å². The minimum atomic E-state index is -1.18. The lowest BCUT2D eigenvalue weighted by atomic mass is 9.95. The molecule has 0 radical (unpaired) electrons. The van der Waals surface area contributed by atoms with Crippen LogP contribution in [-0.4, -0.2) is 82.8 Å². The summed E-state index contributed by atoms with van der Waals surface area (Å²) in [5, 5.41) is 0.205. The molecule has 3 aliphatic heterocycles. The van der Waals surface area contributed by atoms with E-state index in [1.165, 1.54) is 18.2 Å². The molecular formula is C37H37F4N7O4. The van der Waals surface area contributed by atoms with Crippen molar-refractivity contribution in [2.24, 2.45) is 0 Å². The maximum absolute atomic E-state index is 17.3. The number of hydrogen-bond acceptors (Lipinski definition) is 11. The summed E-state index contributed by atoms with van der Waals surface area (Å²) in [5.41, 5.74) is 5.83. The summed E-state index contributed by atoms with van der Waals surface area (Å²) in [4.78, 5) is 22.2. The van der Waals surface area contributed by atoms with E-state index in [2.05, 4.69) is 19.9 Å². The van der Waals surface area contributed by atoms with Crippen LogP contribution in [0.25, 0.3) is 32.9 Å². The number of pyridine rings is 2. The number of alkyl halides is 1. The Morgan fingerprint density at radius 1 is 1.06 bits per heavy atom. The highest BCUT2D eigenvalue weighted by Crippen LogP contribution is 2.45. The second-order valence-electron chi connectivity index (χ2n) is 13.4. The van der Waals surface area contributed by atoms with Crippen LogP contribution in [0.15, 0.2) is 42.6 Å². The van der Waals surface area contributed by atoms with Crippen LogP contribution < -0.4 is 24.8 Å². The molecule has 3 atom stereocenters. The van der Waals surface area contributed by atoms with E-state index in [1.807, 2.05) is 17.9 Å². The van der Waals surface area contributed by atoms with Crippen LogP contribution in [0, 0.1) is 17.5 Å². The van der Waals surface area contributed by atoms with Crippen LogP contribution >= 0.6 is 0 Å².